The van der Waals surface area contributed by atoms with E-state index in [9.17, 15) is 0 Å². The molecule has 1 aromatic rings. The summed E-state index contributed by atoms with van der Waals surface area (Å²) in [6.45, 7) is 3.68. The second kappa shape index (κ2) is 3.42. The lowest BCUT2D eigenvalue weighted by molar-refractivity contribution is 0.899. The Morgan fingerprint density at radius 3 is 3.15 bits per heavy atom. The van der Waals surface area contributed by atoms with Gasteiger partial charge in [-0.3, -0.25) is 0 Å². The lowest BCUT2D eigenvalue weighted by Crippen LogP contribution is -1.99. The van der Waals surface area contributed by atoms with Crippen LogP contribution in [0.3, 0.4) is 0 Å². The van der Waals surface area contributed by atoms with E-state index in [0.29, 0.717) is 0 Å². The van der Waals surface area contributed by atoms with Gasteiger partial charge in [-0.15, -0.1) is 0 Å². The monoisotopic (exact) mass is 192 g/mol. The number of aryl methyl sites for hydroxylation is 1. The number of fused-ring (bicyclic) bond motifs is 1. The zero-order chi connectivity index (χ0) is 9.26. The van der Waals surface area contributed by atoms with E-state index in [1.165, 1.54) is 11.3 Å². The minimum atomic E-state index is 0.829. The van der Waals surface area contributed by atoms with Crippen molar-refractivity contribution in [3.05, 3.63) is 29.4 Å². The lowest BCUT2D eigenvalue weighted by Gasteiger charge is -2.09. The van der Waals surface area contributed by atoms with Crippen LogP contribution in [0.1, 0.15) is 23.6 Å². The fraction of sp³-hybridized carbons (Fsp3) is 0.300. The zero-order valence-corrected chi connectivity index (χ0v) is 8.27. The summed E-state index contributed by atoms with van der Waals surface area (Å²) in [5, 5.41) is 0. The Kier molecular flexibility index (Phi) is 2.27. The molecule has 0 spiro atoms. The Morgan fingerprint density at radius 2 is 2.46 bits per heavy atom. The molecule has 1 aliphatic rings. The van der Waals surface area contributed by atoms with E-state index < -0.39 is 0 Å². The number of thiol groups is 1. The maximum absolute atomic E-state index is 4.38. The second-order valence-electron chi connectivity index (χ2n) is 3.15. The smallest absolute Gasteiger partial charge is 0.130 e. The van der Waals surface area contributed by atoms with Crippen molar-refractivity contribution in [3.8, 4) is 0 Å². The van der Waals surface area contributed by atoms with E-state index in [-0.39, 0.29) is 0 Å². The van der Waals surface area contributed by atoms with Crippen LogP contribution < -0.4 is 0 Å². The summed E-state index contributed by atoms with van der Waals surface area (Å²) in [5.41, 5.74) is 3.64. The lowest BCUT2D eigenvalue weighted by atomic mass is 10.0. The molecule has 2 nitrogen and oxygen atoms in total. The van der Waals surface area contributed by atoms with Crippen LogP contribution in [0.5, 0.6) is 0 Å². The topological polar surface area (TPSA) is 28.7 Å². The quantitative estimate of drug-likeness (QED) is 0.692. The van der Waals surface area contributed by atoms with Gasteiger partial charge in [-0.1, -0.05) is 12.2 Å². The molecule has 0 saturated carbocycles. The Morgan fingerprint density at radius 1 is 1.62 bits per heavy atom. The third-order valence-electron chi connectivity index (χ3n) is 2.26. The molecule has 13 heavy (non-hydrogen) atoms. The Labute approximate surface area is 83.2 Å². The second-order valence-corrected chi connectivity index (χ2v) is 3.47. The number of aromatic nitrogens is 2. The van der Waals surface area contributed by atoms with E-state index >= 15 is 0 Å². The summed E-state index contributed by atoms with van der Waals surface area (Å²) in [7, 11) is 0. The highest BCUT2D eigenvalue weighted by atomic mass is 32.1. The van der Waals surface area contributed by atoms with Crippen LogP contribution in [0.4, 0.5) is 0 Å². The van der Waals surface area contributed by atoms with Gasteiger partial charge in [0, 0.05) is 11.4 Å². The van der Waals surface area contributed by atoms with Crippen LogP contribution in [0, 0.1) is 0 Å². The van der Waals surface area contributed by atoms with Crippen molar-refractivity contribution in [3.63, 3.8) is 0 Å². The van der Waals surface area contributed by atoms with E-state index in [4.69, 9.17) is 0 Å². The summed E-state index contributed by atoms with van der Waals surface area (Å²) in [5.74, 6) is 1.69. The van der Waals surface area contributed by atoms with Gasteiger partial charge in [0.25, 0.3) is 0 Å². The number of aromatic amines is 1. The van der Waals surface area contributed by atoms with Gasteiger partial charge >= 0.3 is 0 Å². The Bertz CT molecular complexity index is 363. The highest BCUT2D eigenvalue weighted by Gasteiger charge is 2.12. The third kappa shape index (κ3) is 1.56. The first-order chi connectivity index (χ1) is 6.33. The molecule has 68 valence electrons. The van der Waals surface area contributed by atoms with Gasteiger partial charge < -0.3 is 4.98 Å². The predicted octanol–water partition coefficient (Wildman–Crippen LogP) is 2.31. The Hall–Kier alpha value is -0.960. The first-order valence-electron chi connectivity index (χ1n) is 4.35. The summed E-state index contributed by atoms with van der Waals surface area (Å²) in [6.07, 6.45) is 6.00. The number of rotatable bonds is 2. The minimum absolute atomic E-state index is 0.829. The van der Waals surface area contributed by atoms with Gasteiger partial charge in [0.1, 0.15) is 5.82 Å². The third-order valence-corrected chi connectivity index (χ3v) is 2.67. The molecular weight excluding hydrogens is 180 g/mol. The minimum Gasteiger partial charge on any atom is -0.342 e. The molecule has 0 bridgehead atoms. The van der Waals surface area contributed by atoms with Gasteiger partial charge in [-0.25, -0.2) is 4.98 Å². The van der Waals surface area contributed by atoms with Gasteiger partial charge in [0.05, 0.1) is 5.69 Å². The summed E-state index contributed by atoms with van der Waals surface area (Å²) < 4.78 is 0. The average molecular weight is 192 g/mol. The maximum Gasteiger partial charge on any atom is 0.130 e. The molecule has 1 aliphatic carbocycles. The van der Waals surface area contributed by atoms with Crippen molar-refractivity contribution >= 4 is 24.8 Å². The number of imidazole rings is 1. The number of H-pyrrole nitrogens is 1. The molecule has 0 aromatic carbocycles. The van der Waals surface area contributed by atoms with Crippen LogP contribution >= 0.6 is 12.6 Å². The molecule has 3 heteroatoms. The number of nitrogens with one attached hydrogen (secondary N) is 1. The van der Waals surface area contributed by atoms with Gasteiger partial charge in [-0.05, 0) is 25.0 Å². The van der Waals surface area contributed by atoms with Gasteiger partial charge in [-0.2, -0.15) is 12.6 Å². The SMILES string of the molecule is C=Cc1nc2c([nH]1)CCC(CS)=C2. The average Bonchev–Trinajstić information content (AvgIpc) is 2.58. The standard InChI is InChI=1S/C10H12N2S/c1-2-10-11-8-4-3-7(6-13)5-9(8)12-10/h2,5,13H,1,3-4,6H2,(H,11,12). The van der Waals surface area contributed by atoms with Crippen LogP contribution in [-0.2, 0) is 6.42 Å². The van der Waals surface area contributed by atoms with Crippen LogP contribution in [0.2, 0.25) is 0 Å². The van der Waals surface area contributed by atoms with E-state index in [0.717, 1.165) is 30.1 Å². The molecule has 0 atom stereocenters. The molecule has 1 N–H and O–H groups in total. The molecular formula is C10H12N2S. The molecule has 0 unspecified atom stereocenters. The molecule has 0 fully saturated rings. The van der Waals surface area contributed by atoms with Crippen molar-refractivity contribution in [1.82, 2.24) is 9.97 Å². The normalized spacial score (nSPS) is 15.0. The van der Waals surface area contributed by atoms with Crippen molar-refractivity contribution in [2.45, 2.75) is 12.8 Å². The molecule has 0 radical (unpaired) electrons. The summed E-state index contributed by atoms with van der Waals surface area (Å²) in [6, 6.07) is 0. The van der Waals surface area contributed by atoms with E-state index in [1.54, 1.807) is 6.08 Å². The fourth-order valence-corrected chi connectivity index (χ4v) is 1.78. The molecule has 0 aliphatic heterocycles. The first kappa shape index (κ1) is 8.63. The van der Waals surface area contributed by atoms with Crippen LogP contribution in [-0.4, -0.2) is 15.7 Å². The van der Waals surface area contributed by atoms with E-state index in [2.05, 4.69) is 35.3 Å². The molecule has 0 saturated heterocycles. The van der Waals surface area contributed by atoms with Crippen LogP contribution in [0.15, 0.2) is 12.2 Å². The predicted molar refractivity (Wildman–Crippen MR) is 58.8 cm³/mol. The maximum atomic E-state index is 4.38. The molecule has 0 amide bonds. The largest absolute Gasteiger partial charge is 0.342 e. The van der Waals surface area contributed by atoms with Crippen molar-refractivity contribution < 1.29 is 0 Å². The fourth-order valence-electron chi connectivity index (χ4n) is 1.53. The Balaban J connectivity index is 2.39. The number of hydrogen-bond acceptors (Lipinski definition) is 2. The van der Waals surface area contributed by atoms with Crippen LogP contribution in [0.25, 0.3) is 12.2 Å². The van der Waals surface area contributed by atoms with Crippen molar-refractivity contribution in [2.24, 2.45) is 0 Å². The van der Waals surface area contributed by atoms with Gasteiger partial charge in [0.2, 0.25) is 0 Å². The van der Waals surface area contributed by atoms with Crippen molar-refractivity contribution in [2.75, 3.05) is 5.75 Å². The zero-order valence-electron chi connectivity index (χ0n) is 7.38. The molecule has 1 aromatic heterocycles. The highest BCUT2D eigenvalue weighted by molar-refractivity contribution is 7.80. The number of nitrogens with zero attached hydrogens (tertiary/aromatic N) is 1. The summed E-state index contributed by atoms with van der Waals surface area (Å²) >= 11 is 4.26. The highest BCUT2D eigenvalue weighted by Crippen LogP contribution is 2.22. The van der Waals surface area contributed by atoms with Crippen molar-refractivity contribution in [1.29, 1.82) is 0 Å². The molecule has 1 heterocycles. The van der Waals surface area contributed by atoms with E-state index in [1.807, 2.05) is 0 Å². The first-order valence-corrected chi connectivity index (χ1v) is 4.98. The molecule has 2 rings (SSSR count). The summed E-state index contributed by atoms with van der Waals surface area (Å²) in [4.78, 5) is 7.61. The number of hydrogen-bond donors (Lipinski definition) is 2. The van der Waals surface area contributed by atoms with Gasteiger partial charge in [0.15, 0.2) is 0 Å².